The predicted octanol–water partition coefficient (Wildman–Crippen LogP) is 1.86. The highest BCUT2D eigenvalue weighted by atomic mass is 16.7. The van der Waals surface area contributed by atoms with Crippen molar-refractivity contribution in [1.82, 2.24) is 0 Å². The standard InChI is InChI=1S/C11H13NO3/c1-6-4-7(12)5-8-9(6)10(13)15-11(2,3)14-8/h4-5H,12H2,1-3H3. The van der Waals surface area contributed by atoms with E-state index in [4.69, 9.17) is 15.2 Å². The molecule has 0 spiro atoms. The van der Waals surface area contributed by atoms with Crippen molar-refractivity contribution in [2.45, 2.75) is 26.6 Å². The summed E-state index contributed by atoms with van der Waals surface area (Å²) in [5, 5.41) is 0. The van der Waals surface area contributed by atoms with Crippen molar-refractivity contribution in [3.8, 4) is 5.75 Å². The maximum absolute atomic E-state index is 11.7. The lowest BCUT2D eigenvalue weighted by Crippen LogP contribution is -2.39. The molecule has 0 fully saturated rings. The molecule has 1 heterocycles. The van der Waals surface area contributed by atoms with Crippen molar-refractivity contribution in [1.29, 1.82) is 0 Å². The third kappa shape index (κ3) is 1.63. The molecule has 0 atom stereocenters. The van der Waals surface area contributed by atoms with Gasteiger partial charge in [-0.25, -0.2) is 4.79 Å². The van der Waals surface area contributed by atoms with Gasteiger partial charge in [-0.15, -0.1) is 0 Å². The summed E-state index contributed by atoms with van der Waals surface area (Å²) in [6.07, 6.45) is 0. The molecule has 0 aliphatic carbocycles. The van der Waals surface area contributed by atoms with Crippen LogP contribution >= 0.6 is 0 Å². The summed E-state index contributed by atoms with van der Waals surface area (Å²) in [5.74, 6) is -0.794. The van der Waals surface area contributed by atoms with E-state index in [1.165, 1.54) is 0 Å². The Kier molecular flexibility index (Phi) is 1.89. The molecule has 0 amide bonds. The molecule has 1 aromatic rings. The average molecular weight is 207 g/mol. The number of ether oxygens (including phenoxy) is 2. The van der Waals surface area contributed by atoms with Gasteiger partial charge in [0.2, 0.25) is 5.79 Å². The number of anilines is 1. The largest absolute Gasteiger partial charge is 0.452 e. The molecule has 15 heavy (non-hydrogen) atoms. The molecule has 0 bridgehead atoms. The van der Waals surface area contributed by atoms with E-state index >= 15 is 0 Å². The lowest BCUT2D eigenvalue weighted by molar-refractivity contribution is -0.127. The van der Waals surface area contributed by atoms with Gasteiger partial charge in [0.25, 0.3) is 0 Å². The van der Waals surface area contributed by atoms with Crippen LogP contribution in [0.15, 0.2) is 12.1 Å². The van der Waals surface area contributed by atoms with E-state index in [9.17, 15) is 4.79 Å². The first-order valence-corrected chi connectivity index (χ1v) is 4.71. The van der Waals surface area contributed by atoms with Crippen molar-refractivity contribution in [2.75, 3.05) is 5.73 Å². The fourth-order valence-electron chi connectivity index (χ4n) is 1.68. The molecular weight excluding hydrogens is 194 g/mol. The maximum atomic E-state index is 11.7. The van der Waals surface area contributed by atoms with E-state index in [2.05, 4.69) is 0 Å². The van der Waals surface area contributed by atoms with Gasteiger partial charge in [-0.05, 0) is 18.6 Å². The molecule has 0 saturated carbocycles. The van der Waals surface area contributed by atoms with Gasteiger partial charge in [0.15, 0.2) is 0 Å². The third-order valence-electron chi connectivity index (χ3n) is 2.22. The molecule has 0 unspecified atom stereocenters. The first-order chi connectivity index (χ1) is 6.89. The van der Waals surface area contributed by atoms with Gasteiger partial charge in [-0.3, -0.25) is 0 Å². The minimum Gasteiger partial charge on any atom is -0.452 e. The predicted molar refractivity (Wildman–Crippen MR) is 55.7 cm³/mol. The van der Waals surface area contributed by atoms with E-state index in [1.807, 2.05) is 0 Å². The topological polar surface area (TPSA) is 61.6 Å². The average Bonchev–Trinajstić information content (AvgIpc) is 1.97. The van der Waals surface area contributed by atoms with Crippen molar-refractivity contribution in [2.24, 2.45) is 0 Å². The Balaban J connectivity index is 2.60. The SMILES string of the molecule is Cc1cc(N)cc2c1C(=O)OC(C)(C)O2. The molecule has 2 N–H and O–H groups in total. The van der Waals surface area contributed by atoms with Crippen molar-refractivity contribution in [3.63, 3.8) is 0 Å². The van der Waals surface area contributed by atoms with E-state index in [0.29, 0.717) is 17.0 Å². The summed E-state index contributed by atoms with van der Waals surface area (Å²) in [7, 11) is 0. The fourth-order valence-corrected chi connectivity index (χ4v) is 1.68. The summed E-state index contributed by atoms with van der Waals surface area (Å²) in [6, 6.07) is 3.37. The second-order valence-corrected chi connectivity index (χ2v) is 4.10. The Morgan fingerprint density at radius 2 is 1.93 bits per heavy atom. The molecule has 0 aromatic heterocycles. The smallest absolute Gasteiger partial charge is 0.345 e. The molecule has 1 aliphatic rings. The van der Waals surface area contributed by atoms with Crippen LogP contribution in [0.2, 0.25) is 0 Å². The normalized spacial score (nSPS) is 17.7. The van der Waals surface area contributed by atoms with Crippen LogP contribution in [-0.4, -0.2) is 11.8 Å². The fraction of sp³-hybridized carbons (Fsp3) is 0.364. The monoisotopic (exact) mass is 207 g/mol. The highest BCUT2D eigenvalue weighted by Gasteiger charge is 2.34. The molecular formula is C11H13NO3. The number of nitrogen functional groups attached to an aromatic ring is 1. The Bertz CT molecular complexity index is 438. The van der Waals surface area contributed by atoms with Crippen LogP contribution in [0.5, 0.6) is 5.75 Å². The summed E-state index contributed by atoms with van der Waals surface area (Å²) >= 11 is 0. The van der Waals surface area contributed by atoms with Crippen LogP contribution in [0.3, 0.4) is 0 Å². The molecule has 80 valence electrons. The highest BCUT2D eigenvalue weighted by Crippen LogP contribution is 2.34. The van der Waals surface area contributed by atoms with Crippen LogP contribution in [0.4, 0.5) is 5.69 Å². The van der Waals surface area contributed by atoms with Gasteiger partial charge in [-0.1, -0.05) is 0 Å². The number of nitrogens with two attached hydrogens (primary N) is 1. The molecule has 1 aromatic carbocycles. The molecule has 4 nitrogen and oxygen atoms in total. The molecule has 0 radical (unpaired) electrons. The van der Waals surface area contributed by atoms with Gasteiger partial charge in [0.05, 0.1) is 0 Å². The van der Waals surface area contributed by atoms with Gasteiger partial charge in [0.1, 0.15) is 11.3 Å². The number of hydrogen-bond acceptors (Lipinski definition) is 4. The highest BCUT2D eigenvalue weighted by molar-refractivity contribution is 5.95. The first kappa shape index (κ1) is 9.83. The summed E-state index contributed by atoms with van der Waals surface area (Å²) in [5.41, 5.74) is 7.50. The second kappa shape index (κ2) is 2.89. The van der Waals surface area contributed by atoms with E-state index in [1.54, 1.807) is 32.9 Å². The van der Waals surface area contributed by atoms with Crippen molar-refractivity contribution in [3.05, 3.63) is 23.3 Å². The number of carbonyl (C=O) groups excluding carboxylic acids is 1. The number of carbonyl (C=O) groups is 1. The summed E-state index contributed by atoms with van der Waals surface area (Å²) in [6.45, 7) is 5.18. The molecule has 0 saturated heterocycles. The van der Waals surface area contributed by atoms with Crippen LogP contribution in [0.25, 0.3) is 0 Å². The maximum Gasteiger partial charge on any atom is 0.345 e. The zero-order valence-corrected chi connectivity index (χ0v) is 8.96. The number of aryl methyl sites for hydroxylation is 1. The third-order valence-corrected chi connectivity index (χ3v) is 2.22. The lowest BCUT2D eigenvalue weighted by Gasteiger charge is -2.32. The Hall–Kier alpha value is -1.71. The number of rotatable bonds is 0. The number of benzene rings is 1. The minimum atomic E-state index is -0.926. The van der Waals surface area contributed by atoms with Gasteiger partial charge >= 0.3 is 5.97 Å². The van der Waals surface area contributed by atoms with E-state index in [-0.39, 0.29) is 5.97 Å². The van der Waals surface area contributed by atoms with Gasteiger partial charge in [0, 0.05) is 25.6 Å². The van der Waals surface area contributed by atoms with Crippen molar-refractivity contribution >= 4 is 11.7 Å². The second-order valence-electron chi connectivity index (χ2n) is 4.10. The zero-order chi connectivity index (χ0) is 11.2. The van der Waals surface area contributed by atoms with Crippen LogP contribution in [-0.2, 0) is 4.74 Å². The van der Waals surface area contributed by atoms with Crippen LogP contribution in [0, 0.1) is 6.92 Å². The molecule has 2 rings (SSSR count). The number of cyclic esters (lactones) is 1. The zero-order valence-electron chi connectivity index (χ0n) is 8.96. The Morgan fingerprint density at radius 3 is 2.60 bits per heavy atom. The van der Waals surface area contributed by atoms with Gasteiger partial charge in [-0.2, -0.15) is 0 Å². The van der Waals surface area contributed by atoms with Crippen LogP contribution < -0.4 is 10.5 Å². The van der Waals surface area contributed by atoms with Crippen molar-refractivity contribution < 1.29 is 14.3 Å². The number of esters is 1. The number of fused-ring (bicyclic) bond motifs is 1. The molecule has 1 aliphatic heterocycles. The first-order valence-electron chi connectivity index (χ1n) is 4.71. The van der Waals surface area contributed by atoms with Crippen LogP contribution in [0.1, 0.15) is 29.8 Å². The summed E-state index contributed by atoms with van der Waals surface area (Å²) in [4.78, 5) is 11.7. The van der Waals surface area contributed by atoms with E-state index in [0.717, 1.165) is 5.56 Å². The van der Waals surface area contributed by atoms with Gasteiger partial charge < -0.3 is 15.2 Å². The Labute approximate surface area is 88.0 Å². The van der Waals surface area contributed by atoms with E-state index < -0.39 is 5.79 Å². The Morgan fingerprint density at radius 1 is 1.27 bits per heavy atom. The molecule has 4 heteroatoms. The lowest BCUT2D eigenvalue weighted by atomic mass is 10.1. The summed E-state index contributed by atoms with van der Waals surface area (Å²) < 4.78 is 10.6. The minimum absolute atomic E-state index is 0.362. The quantitative estimate of drug-likeness (QED) is 0.521. The number of hydrogen-bond donors (Lipinski definition) is 1.